The molecule has 0 aliphatic carbocycles. The van der Waals surface area contributed by atoms with Crippen molar-refractivity contribution in [3.05, 3.63) is 41.6 Å². The third kappa shape index (κ3) is 14.3. The van der Waals surface area contributed by atoms with Gasteiger partial charge in [-0.3, -0.25) is 4.79 Å². The molecule has 0 unspecified atom stereocenters. The van der Waals surface area contributed by atoms with Crippen LogP contribution in [-0.4, -0.2) is 42.7 Å². The molecule has 3 rings (SSSR count). The van der Waals surface area contributed by atoms with Gasteiger partial charge in [-0.1, -0.05) is 23.7 Å². The first kappa shape index (κ1) is 29.9. The Balaban J connectivity index is -0.000000365. The first-order valence-electron chi connectivity index (χ1n) is 7.22. The van der Waals surface area contributed by atoms with Crippen molar-refractivity contribution in [3.63, 3.8) is 0 Å². The van der Waals surface area contributed by atoms with E-state index in [2.05, 4.69) is 19.8 Å². The Morgan fingerprint density at radius 2 is 1.63 bits per heavy atom. The van der Waals surface area contributed by atoms with Crippen LogP contribution in [0, 0.1) is 0 Å². The minimum absolute atomic E-state index is 0. The van der Waals surface area contributed by atoms with Gasteiger partial charge in [0.05, 0.1) is 13.2 Å². The number of nitrogen functional groups attached to an aromatic ring is 2. The quantitative estimate of drug-likeness (QED) is 0.151. The zero-order valence-electron chi connectivity index (χ0n) is 16.4. The average Bonchev–Trinajstić information content (AvgIpc) is 2.63. The van der Waals surface area contributed by atoms with E-state index in [0.717, 1.165) is 32.1 Å². The first-order chi connectivity index (χ1) is 12.1. The molecule has 0 saturated carbocycles. The maximum atomic E-state index is 8.64. The number of aromatic nitrogens is 2. The van der Waals surface area contributed by atoms with E-state index < -0.39 is 0 Å². The summed E-state index contributed by atoms with van der Waals surface area (Å²) in [5.41, 5.74) is 10.9. The van der Waals surface area contributed by atoms with Crippen molar-refractivity contribution in [1.82, 2.24) is 9.97 Å². The largest absolute Gasteiger partial charge is 1.00 e. The molecule has 1 saturated heterocycles. The van der Waals surface area contributed by atoms with E-state index in [4.69, 9.17) is 37.9 Å². The van der Waals surface area contributed by atoms with Crippen molar-refractivity contribution in [1.29, 1.82) is 0 Å². The monoisotopic (exact) mass is 447 g/mol. The van der Waals surface area contributed by atoms with Gasteiger partial charge in [0.1, 0.15) is 22.6 Å². The number of nitrogens with two attached hydrogens (primary N) is 2. The van der Waals surface area contributed by atoms with E-state index in [1.165, 1.54) is 0 Å². The summed E-state index contributed by atoms with van der Waals surface area (Å²) in [6, 6.07) is 10.8. The summed E-state index contributed by atoms with van der Waals surface area (Å²) in [5, 5.41) is 8.87. The van der Waals surface area contributed by atoms with Gasteiger partial charge in [-0.15, -0.1) is 0 Å². The van der Waals surface area contributed by atoms with Gasteiger partial charge in [-0.2, -0.15) is 0 Å². The first-order valence-corrected chi connectivity index (χ1v) is 7.60. The molecule has 0 radical (unpaired) electrons. The SMILES string of the molecule is Nc1cccc(Cl)n1.Nc1cccc(N2CCOCC2)n1.O=CO[O-].[H-].[K+].[K+]. The van der Waals surface area contributed by atoms with Crippen molar-refractivity contribution in [2.75, 3.05) is 42.7 Å². The number of pyridine rings is 2. The van der Waals surface area contributed by atoms with Crippen molar-refractivity contribution in [2.45, 2.75) is 0 Å². The number of hydrogen-bond donors (Lipinski definition) is 2. The third-order valence-electron chi connectivity index (χ3n) is 2.87. The summed E-state index contributed by atoms with van der Waals surface area (Å²) in [7, 11) is 0. The smallest absolute Gasteiger partial charge is 1.00 e. The van der Waals surface area contributed by atoms with Gasteiger partial charge < -0.3 is 32.7 Å². The van der Waals surface area contributed by atoms with Gasteiger partial charge in [0.25, 0.3) is 6.47 Å². The van der Waals surface area contributed by atoms with Crippen LogP contribution < -0.4 is 124 Å². The van der Waals surface area contributed by atoms with Gasteiger partial charge in [-0.05, 0) is 24.3 Å². The van der Waals surface area contributed by atoms with Crippen LogP contribution in [-0.2, 0) is 14.4 Å². The molecule has 9 nitrogen and oxygen atoms in total. The summed E-state index contributed by atoms with van der Waals surface area (Å²) >= 11 is 5.45. The number of morpholine rings is 1. The van der Waals surface area contributed by atoms with Gasteiger partial charge in [0, 0.05) is 13.1 Å². The molecule has 0 atom stereocenters. The van der Waals surface area contributed by atoms with Crippen LogP contribution >= 0.6 is 11.6 Å². The van der Waals surface area contributed by atoms with Crippen molar-refractivity contribution in [3.8, 4) is 0 Å². The number of carbonyl (C=O) groups is 1. The van der Waals surface area contributed by atoms with E-state index in [1.54, 1.807) is 24.3 Å². The zero-order valence-corrected chi connectivity index (χ0v) is 22.4. The normalized spacial score (nSPS) is 11.9. The molecule has 0 spiro atoms. The standard InChI is InChI=1S/C9H13N3O.C5H5ClN2.CH2O3.2K.H/c10-8-2-1-3-9(11-8)12-4-6-13-7-5-12;6-4-2-1-3-5(7)8-4;2-1-4-3;;;/h1-3H,4-7H2,(H2,10,11);1-3H,(H2,7,8);1,3H;;;/q;;;2*+1;-1/p-1. The number of anilines is 3. The maximum absolute atomic E-state index is 8.64. The van der Waals surface area contributed by atoms with Crippen molar-refractivity contribution in [2.24, 2.45) is 0 Å². The van der Waals surface area contributed by atoms with Crippen LogP contribution in [0.2, 0.25) is 5.15 Å². The number of halogens is 1. The molecule has 2 aromatic rings. The van der Waals surface area contributed by atoms with Crippen LogP contribution in [0.15, 0.2) is 36.4 Å². The minimum Gasteiger partial charge on any atom is -1.00 e. The molecule has 138 valence electrons. The van der Waals surface area contributed by atoms with Crippen LogP contribution in [0.4, 0.5) is 17.5 Å². The Bertz CT molecular complexity index is 640. The van der Waals surface area contributed by atoms with Crippen LogP contribution in [0.3, 0.4) is 0 Å². The summed E-state index contributed by atoms with van der Waals surface area (Å²) in [4.78, 5) is 21.4. The number of carbonyl (C=O) groups excluding carboxylic acids is 1. The van der Waals surface area contributed by atoms with E-state index in [0.29, 0.717) is 16.8 Å². The summed E-state index contributed by atoms with van der Waals surface area (Å²) < 4.78 is 5.25. The van der Waals surface area contributed by atoms with Crippen LogP contribution in [0.5, 0.6) is 0 Å². The van der Waals surface area contributed by atoms with Crippen molar-refractivity contribution >= 4 is 35.5 Å². The predicted molar refractivity (Wildman–Crippen MR) is 93.6 cm³/mol. The predicted octanol–water partition coefficient (Wildman–Crippen LogP) is -5.63. The molecule has 0 aromatic carbocycles. The van der Waals surface area contributed by atoms with Gasteiger partial charge >= 0.3 is 103 Å². The summed E-state index contributed by atoms with van der Waals surface area (Å²) in [5.74, 6) is 1.98. The van der Waals surface area contributed by atoms with E-state index in [-0.39, 0.29) is 111 Å². The van der Waals surface area contributed by atoms with E-state index >= 15 is 0 Å². The Morgan fingerprint density at radius 3 is 2.04 bits per heavy atom. The second-order valence-electron chi connectivity index (χ2n) is 4.60. The molecule has 1 fully saturated rings. The molecule has 1 aliphatic rings. The molecule has 27 heavy (non-hydrogen) atoms. The number of hydrogen-bond acceptors (Lipinski definition) is 9. The van der Waals surface area contributed by atoms with E-state index in [1.807, 2.05) is 12.1 Å². The fourth-order valence-electron chi connectivity index (χ4n) is 1.83. The molecule has 12 heteroatoms. The second-order valence-corrected chi connectivity index (χ2v) is 4.98. The number of rotatable bonds is 2. The Hall–Kier alpha value is 0.653. The molecule has 4 N–H and O–H groups in total. The topological polar surface area (TPSA) is 140 Å². The summed E-state index contributed by atoms with van der Waals surface area (Å²) in [6.07, 6.45) is 0. The number of nitrogens with zero attached hydrogens (tertiary/aromatic N) is 3. The average molecular weight is 448 g/mol. The number of ether oxygens (including phenoxy) is 1. The Kier molecular flexibility index (Phi) is 20.6. The molecular formula is C15H20ClK2N5O4. The molecule has 2 aromatic heterocycles. The fraction of sp³-hybridized carbons (Fsp3) is 0.267. The van der Waals surface area contributed by atoms with E-state index in [9.17, 15) is 0 Å². The molecular weight excluding hydrogens is 428 g/mol. The molecule has 3 heterocycles. The third-order valence-corrected chi connectivity index (χ3v) is 3.08. The minimum atomic E-state index is -0.181. The van der Waals surface area contributed by atoms with Crippen LogP contribution in [0.25, 0.3) is 0 Å². The van der Waals surface area contributed by atoms with Gasteiger partial charge in [-0.25, -0.2) is 9.97 Å². The molecule has 1 aliphatic heterocycles. The van der Waals surface area contributed by atoms with Crippen molar-refractivity contribution < 1.29 is 124 Å². The van der Waals surface area contributed by atoms with Gasteiger partial charge in [0.15, 0.2) is 0 Å². The van der Waals surface area contributed by atoms with Gasteiger partial charge in [0.2, 0.25) is 0 Å². The molecule has 0 amide bonds. The Morgan fingerprint density at radius 1 is 1.11 bits per heavy atom. The molecule has 0 bridgehead atoms. The zero-order chi connectivity index (χ0) is 18.5. The Labute approximate surface area is 249 Å². The van der Waals surface area contributed by atoms with Crippen LogP contribution in [0.1, 0.15) is 1.43 Å². The summed E-state index contributed by atoms with van der Waals surface area (Å²) in [6.45, 7) is 3.17. The fourth-order valence-corrected chi connectivity index (χ4v) is 2.00. The second kappa shape index (κ2) is 18.7. The maximum Gasteiger partial charge on any atom is 1.00 e.